The minimum atomic E-state index is -3.01. The molecule has 0 aromatic carbocycles. The fraction of sp³-hybridized carbons (Fsp3) is 0.533. The van der Waals surface area contributed by atoms with Gasteiger partial charge in [-0.1, -0.05) is 13.8 Å². The van der Waals surface area contributed by atoms with Gasteiger partial charge in [-0.15, -0.1) is 0 Å². The minimum Gasteiger partial charge on any atom is -0.305 e. The van der Waals surface area contributed by atoms with Crippen molar-refractivity contribution >= 4 is 21.6 Å². The molecule has 130 valence electrons. The van der Waals surface area contributed by atoms with Crippen molar-refractivity contribution in [3.63, 3.8) is 0 Å². The van der Waals surface area contributed by atoms with Crippen LogP contribution in [0.5, 0.6) is 0 Å². The first-order valence-corrected chi connectivity index (χ1v) is 9.70. The first-order valence-electron chi connectivity index (χ1n) is 7.88. The molecule has 2 aromatic heterocycles. The van der Waals surface area contributed by atoms with Crippen LogP contribution in [0, 0.1) is 6.92 Å². The van der Waals surface area contributed by atoms with Crippen LogP contribution < -0.4 is 5.32 Å². The van der Waals surface area contributed by atoms with Crippen molar-refractivity contribution in [1.29, 1.82) is 0 Å². The highest BCUT2D eigenvalue weighted by Crippen LogP contribution is 2.26. The maximum atomic E-state index is 12.6. The van der Waals surface area contributed by atoms with E-state index in [0.29, 0.717) is 23.5 Å². The third-order valence-corrected chi connectivity index (χ3v) is 5.83. The van der Waals surface area contributed by atoms with Gasteiger partial charge in [-0.25, -0.2) is 8.42 Å². The highest BCUT2D eigenvalue weighted by Gasteiger charge is 2.31. The number of aromatic amines is 1. The molecular weight excluding hydrogens is 330 g/mol. The van der Waals surface area contributed by atoms with E-state index >= 15 is 0 Å². The summed E-state index contributed by atoms with van der Waals surface area (Å²) >= 11 is 0. The van der Waals surface area contributed by atoms with Crippen molar-refractivity contribution in [3.8, 4) is 0 Å². The summed E-state index contributed by atoms with van der Waals surface area (Å²) in [5.41, 5.74) is 1.96. The van der Waals surface area contributed by atoms with Crippen molar-refractivity contribution in [2.24, 2.45) is 0 Å². The molecule has 1 unspecified atom stereocenters. The van der Waals surface area contributed by atoms with E-state index in [4.69, 9.17) is 0 Å². The molecule has 1 aliphatic rings. The second-order valence-corrected chi connectivity index (χ2v) is 8.74. The molecule has 24 heavy (non-hydrogen) atoms. The molecule has 1 saturated heterocycles. The number of hydrogen-bond donors (Lipinski definition) is 2. The number of aromatic nitrogens is 4. The van der Waals surface area contributed by atoms with Gasteiger partial charge in [0, 0.05) is 18.0 Å². The van der Waals surface area contributed by atoms with Gasteiger partial charge in [0.25, 0.3) is 5.91 Å². The molecule has 1 fully saturated rings. The molecule has 0 bridgehead atoms. The molecule has 8 nitrogen and oxygen atoms in total. The van der Waals surface area contributed by atoms with E-state index in [1.807, 2.05) is 20.8 Å². The van der Waals surface area contributed by atoms with Gasteiger partial charge in [-0.05, 0) is 19.3 Å². The number of rotatable bonds is 4. The average Bonchev–Trinajstić information content (AvgIpc) is 3.17. The Labute approximate surface area is 140 Å². The summed E-state index contributed by atoms with van der Waals surface area (Å²) in [6.45, 7) is 5.75. The van der Waals surface area contributed by atoms with Crippen molar-refractivity contribution in [3.05, 3.63) is 29.2 Å². The second kappa shape index (κ2) is 6.04. The minimum absolute atomic E-state index is 0.0472. The standard InChI is InChI=1S/C15H21N5O3S/c1-9(2)14-12(15(21)16-13-6-10(3)17-18-13)7-20(19-14)11-4-5-24(22,23)8-11/h6-7,9,11H,4-5,8H2,1-3H3,(H2,16,17,18,21). The number of anilines is 1. The summed E-state index contributed by atoms with van der Waals surface area (Å²) in [7, 11) is -3.01. The number of carbonyl (C=O) groups excluding carboxylic acids is 1. The lowest BCUT2D eigenvalue weighted by Gasteiger charge is -2.07. The quantitative estimate of drug-likeness (QED) is 0.870. The molecule has 0 spiro atoms. The van der Waals surface area contributed by atoms with E-state index in [-0.39, 0.29) is 29.4 Å². The van der Waals surface area contributed by atoms with Gasteiger partial charge in [0.15, 0.2) is 15.7 Å². The van der Waals surface area contributed by atoms with Gasteiger partial charge >= 0.3 is 0 Å². The van der Waals surface area contributed by atoms with Gasteiger partial charge in [0.1, 0.15) is 0 Å². The molecule has 0 aliphatic carbocycles. The second-order valence-electron chi connectivity index (χ2n) is 6.51. The van der Waals surface area contributed by atoms with Crippen molar-refractivity contribution in [2.45, 2.75) is 39.2 Å². The molecule has 1 amide bonds. The van der Waals surface area contributed by atoms with Crippen molar-refractivity contribution < 1.29 is 13.2 Å². The average molecular weight is 351 g/mol. The Kier molecular flexibility index (Phi) is 4.20. The number of hydrogen-bond acceptors (Lipinski definition) is 5. The highest BCUT2D eigenvalue weighted by molar-refractivity contribution is 7.91. The molecule has 1 aliphatic heterocycles. The van der Waals surface area contributed by atoms with E-state index in [9.17, 15) is 13.2 Å². The zero-order valence-electron chi connectivity index (χ0n) is 13.9. The van der Waals surface area contributed by atoms with E-state index in [0.717, 1.165) is 5.69 Å². The molecule has 0 saturated carbocycles. The third-order valence-electron chi connectivity index (χ3n) is 4.08. The molecular formula is C15H21N5O3S. The van der Waals surface area contributed by atoms with Crippen LogP contribution in [-0.4, -0.2) is 45.8 Å². The first kappa shape index (κ1) is 16.7. The molecule has 3 heterocycles. The number of nitrogens with one attached hydrogen (secondary N) is 2. The maximum Gasteiger partial charge on any atom is 0.260 e. The smallest absolute Gasteiger partial charge is 0.260 e. The van der Waals surface area contributed by atoms with Gasteiger partial charge in [-0.2, -0.15) is 10.2 Å². The zero-order chi connectivity index (χ0) is 17.5. The van der Waals surface area contributed by atoms with Crippen molar-refractivity contribution in [2.75, 3.05) is 16.8 Å². The van der Waals surface area contributed by atoms with Crippen LogP contribution in [0.15, 0.2) is 12.3 Å². The van der Waals surface area contributed by atoms with Gasteiger partial charge in [-0.3, -0.25) is 14.6 Å². The van der Waals surface area contributed by atoms with Gasteiger partial charge in [0.2, 0.25) is 0 Å². The molecule has 2 aromatic rings. The summed E-state index contributed by atoms with van der Waals surface area (Å²) in [6.07, 6.45) is 2.18. The van der Waals surface area contributed by atoms with Crippen LogP contribution in [0.2, 0.25) is 0 Å². The number of sulfone groups is 1. The zero-order valence-corrected chi connectivity index (χ0v) is 14.7. The summed E-state index contributed by atoms with van der Waals surface area (Å²) in [4.78, 5) is 12.6. The Morgan fingerprint density at radius 1 is 1.46 bits per heavy atom. The predicted octanol–water partition coefficient (Wildman–Crippen LogP) is 1.65. The summed E-state index contributed by atoms with van der Waals surface area (Å²) in [5.74, 6) is 0.445. The van der Waals surface area contributed by atoms with Crippen LogP contribution in [0.4, 0.5) is 5.82 Å². The fourth-order valence-electron chi connectivity index (χ4n) is 2.84. The fourth-order valence-corrected chi connectivity index (χ4v) is 4.55. The van der Waals surface area contributed by atoms with Crippen LogP contribution >= 0.6 is 0 Å². The van der Waals surface area contributed by atoms with Gasteiger partial charge < -0.3 is 5.32 Å². The van der Waals surface area contributed by atoms with E-state index in [1.165, 1.54) is 0 Å². The lowest BCUT2D eigenvalue weighted by molar-refractivity contribution is 0.102. The van der Waals surface area contributed by atoms with Crippen LogP contribution in [0.25, 0.3) is 0 Å². The Hall–Kier alpha value is -2.16. The predicted molar refractivity (Wildman–Crippen MR) is 89.9 cm³/mol. The number of nitrogens with zero attached hydrogens (tertiary/aromatic N) is 3. The normalized spacial score (nSPS) is 19.8. The van der Waals surface area contributed by atoms with E-state index < -0.39 is 9.84 Å². The molecule has 2 N–H and O–H groups in total. The maximum absolute atomic E-state index is 12.6. The van der Waals surface area contributed by atoms with Crippen LogP contribution in [-0.2, 0) is 9.84 Å². The molecule has 9 heteroatoms. The molecule has 3 rings (SSSR count). The number of H-pyrrole nitrogens is 1. The number of carbonyl (C=O) groups is 1. The Morgan fingerprint density at radius 3 is 2.75 bits per heavy atom. The number of aryl methyl sites for hydroxylation is 1. The van der Waals surface area contributed by atoms with E-state index in [1.54, 1.807) is 16.9 Å². The Balaban J connectivity index is 1.87. The van der Waals surface area contributed by atoms with Crippen molar-refractivity contribution in [1.82, 2.24) is 20.0 Å². The molecule has 1 atom stereocenters. The largest absolute Gasteiger partial charge is 0.305 e. The monoisotopic (exact) mass is 351 g/mol. The third kappa shape index (κ3) is 3.35. The summed E-state index contributed by atoms with van der Waals surface area (Å²) in [5, 5.41) is 14.0. The number of amides is 1. The topological polar surface area (TPSA) is 110 Å². The SMILES string of the molecule is Cc1cc(NC(=O)c2cn(C3CCS(=O)(=O)C3)nc2C(C)C)n[nH]1. The van der Waals surface area contributed by atoms with Crippen LogP contribution in [0.1, 0.15) is 54.0 Å². The lowest BCUT2D eigenvalue weighted by atomic mass is 10.1. The van der Waals surface area contributed by atoms with Crippen LogP contribution in [0.3, 0.4) is 0 Å². The molecule has 0 radical (unpaired) electrons. The van der Waals surface area contributed by atoms with Gasteiger partial charge in [0.05, 0.1) is 28.8 Å². The highest BCUT2D eigenvalue weighted by atomic mass is 32.2. The lowest BCUT2D eigenvalue weighted by Crippen LogP contribution is -2.14. The Bertz CT molecular complexity index is 866. The van der Waals surface area contributed by atoms with E-state index in [2.05, 4.69) is 20.6 Å². The summed E-state index contributed by atoms with van der Waals surface area (Å²) < 4.78 is 25.0. The first-order chi connectivity index (χ1) is 11.2. The summed E-state index contributed by atoms with van der Waals surface area (Å²) in [6, 6.07) is 1.53. The Morgan fingerprint density at radius 2 is 2.21 bits per heavy atom.